The average Bonchev–Trinajstić information content (AvgIpc) is 2.62. The number of carbonyl (C=O) groups excluding carboxylic acids is 1. The average molecular weight is 272 g/mol. The van der Waals surface area contributed by atoms with Gasteiger partial charge in [-0.05, 0) is 23.7 Å². The molecule has 0 aromatic heterocycles. The van der Waals surface area contributed by atoms with Crippen LogP contribution in [0.25, 0.3) is 0 Å². The third-order valence-electron chi connectivity index (χ3n) is 4.82. The van der Waals surface area contributed by atoms with Crippen LogP contribution in [0.3, 0.4) is 0 Å². The van der Waals surface area contributed by atoms with Crippen LogP contribution in [0.4, 0.5) is 4.79 Å². The van der Waals surface area contributed by atoms with Gasteiger partial charge in [-0.25, -0.2) is 9.59 Å². The van der Waals surface area contributed by atoms with Crippen molar-refractivity contribution in [2.75, 3.05) is 6.54 Å². The molecule has 0 aromatic rings. The highest BCUT2D eigenvalue weighted by molar-refractivity contribution is 5.82. The normalized spacial score (nSPS) is 23.3. The van der Waals surface area contributed by atoms with E-state index >= 15 is 0 Å². The van der Waals surface area contributed by atoms with E-state index in [1.807, 2.05) is 0 Å². The monoisotopic (exact) mass is 272 g/mol. The van der Waals surface area contributed by atoms with Crippen molar-refractivity contribution in [3.63, 3.8) is 0 Å². The summed E-state index contributed by atoms with van der Waals surface area (Å²) in [5.74, 6) is -0.891. The maximum atomic E-state index is 11.6. The van der Waals surface area contributed by atoms with Crippen molar-refractivity contribution in [1.82, 2.24) is 10.6 Å². The molecule has 2 amide bonds. The molecule has 0 heterocycles. The number of carboxylic acid groups (broad SMARTS) is 1. The summed E-state index contributed by atoms with van der Waals surface area (Å²) in [6, 6.07) is -1.85. The van der Waals surface area contributed by atoms with E-state index < -0.39 is 24.1 Å². The van der Waals surface area contributed by atoms with Gasteiger partial charge in [-0.2, -0.15) is 0 Å². The summed E-state index contributed by atoms with van der Waals surface area (Å²) in [4.78, 5) is 22.5. The lowest BCUT2D eigenvalue weighted by Crippen LogP contribution is -2.51. The van der Waals surface area contributed by atoms with E-state index in [4.69, 9.17) is 5.11 Å². The van der Waals surface area contributed by atoms with E-state index in [-0.39, 0.29) is 10.8 Å². The van der Waals surface area contributed by atoms with Crippen LogP contribution in [0.15, 0.2) is 0 Å². The van der Waals surface area contributed by atoms with Gasteiger partial charge in [0, 0.05) is 6.54 Å². The Bertz CT molecular complexity index is 363. The van der Waals surface area contributed by atoms with Gasteiger partial charge in [0.05, 0.1) is 6.10 Å². The van der Waals surface area contributed by atoms with E-state index in [0.717, 1.165) is 0 Å². The maximum absolute atomic E-state index is 11.6. The molecule has 1 saturated carbocycles. The van der Waals surface area contributed by atoms with Crippen molar-refractivity contribution in [3.05, 3.63) is 0 Å². The number of aliphatic carboxylic acids is 1. The number of amides is 2. The van der Waals surface area contributed by atoms with Gasteiger partial charge in [0.15, 0.2) is 6.04 Å². The van der Waals surface area contributed by atoms with Gasteiger partial charge in [-0.3, -0.25) is 0 Å². The first-order valence-corrected chi connectivity index (χ1v) is 6.47. The Hall–Kier alpha value is -1.30. The van der Waals surface area contributed by atoms with Gasteiger partial charge in [-0.15, -0.1) is 0 Å². The molecule has 0 unspecified atom stereocenters. The lowest BCUT2D eigenvalue weighted by molar-refractivity contribution is -0.141. The zero-order chi connectivity index (χ0) is 15.0. The summed E-state index contributed by atoms with van der Waals surface area (Å²) in [5.41, 5.74) is 0.327. The first-order chi connectivity index (χ1) is 8.51. The van der Waals surface area contributed by atoms with E-state index in [1.165, 1.54) is 6.92 Å². The largest absolute Gasteiger partial charge is 0.480 e. The summed E-state index contributed by atoms with van der Waals surface area (Å²) >= 11 is 0. The number of hydrogen-bond acceptors (Lipinski definition) is 3. The summed E-state index contributed by atoms with van der Waals surface area (Å²) in [7, 11) is 0. The fraction of sp³-hybridized carbons (Fsp3) is 0.846. The van der Waals surface area contributed by atoms with E-state index in [9.17, 15) is 14.7 Å². The van der Waals surface area contributed by atoms with Crippen LogP contribution in [0, 0.1) is 16.7 Å². The third-order valence-corrected chi connectivity index (χ3v) is 4.82. The minimum atomic E-state index is -1.29. The van der Waals surface area contributed by atoms with Crippen molar-refractivity contribution < 1.29 is 19.8 Å². The molecular weight excluding hydrogens is 248 g/mol. The minimum Gasteiger partial charge on any atom is -0.480 e. The summed E-state index contributed by atoms with van der Waals surface area (Å²) in [5, 5.41) is 23.0. The van der Waals surface area contributed by atoms with Crippen LogP contribution < -0.4 is 10.6 Å². The molecule has 0 aromatic carbocycles. The fourth-order valence-corrected chi connectivity index (χ4v) is 2.62. The molecule has 1 aliphatic carbocycles. The van der Waals surface area contributed by atoms with Crippen LogP contribution in [0.5, 0.6) is 0 Å². The minimum absolute atomic E-state index is 0.163. The predicted octanol–water partition coefficient (Wildman–Crippen LogP) is 0.802. The van der Waals surface area contributed by atoms with Crippen LogP contribution in [0.2, 0.25) is 0 Å². The Morgan fingerprint density at radius 3 is 2.00 bits per heavy atom. The maximum Gasteiger partial charge on any atom is 0.328 e. The van der Waals surface area contributed by atoms with E-state index in [0.29, 0.717) is 12.5 Å². The van der Waals surface area contributed by atoms with Gasteiger partial charge in [-0.1, -0.05) is 27.7 Å². The second-order valence-electron chi connectivity index (χ2n) is 6.41. The Labute approximate surface area is 113 Å². The number of aliphatic hydroxyl groups is 1. The van der Waals surface area contributed by atoms with Crippen molar-refractivity contribution in [2.45, 2.75) is 46.8 Å². The first-order valence-electron chi connectivity index (χ1n) is 6.47. The van der Waals surface area contributed by atoms with Crippen molar-refractivity contribution in [1.29, 1.82) is 0 Å². The Balaban J connectivity index is 2.43. The van der Waals surface area contributed by atoms with Crippen molar-refractivity contribution in [3.8, 4) is 0 Å². The lowest BCUT2D eigenvalue weighted by atomic mass is 10.0. The number of rotatable bonds is 5. The highest BCUT2D eigenvalue weighted by Gasteiger charge is 2.64. The molecule has 6 nitrogen and oxygen atoms in total. The number of hydrogen-bond donors (Lipinski definition) is 4. The first kappa shape index (κ1) is 15.8. The lowest BCUT2D eigenvalue weighted by Gasteiger charge is -2.17. The van der Waals surface area contributed by atoms with Crippen LogP contribution >= 0.6 is 0 Å². The molecule has 2 atom stereocenters. The van der Waals surface area contributed by atoms with E-state index in [1.54, 1.807) is 0 Å². The Morgan fingerprint density at radius 1 is 1.21 bits per heavy atom. The molecule has 0 saturated heterocycles. The standard InChI is InChI=1S/C13H24N2O4/c1-7(16)9(10(17)18)15-11(19)14-6-8-12(2,3)13(8,4)5/h7-9,16H,6H2,1-5H3,(H,17,18)(H2,14,15,19)/t7-,9+/m1/s1. The molecule has 0 radical (unpaired) electrons. The van der Waals surface area contributed by atoms with Gasteiger partial charge in [0.2, 0.25) is 0 Å². The second kappa shape index (κ2) is 5.00. The molecule has 0 bridgehead atoms. The van der Waals surface area contributed by atoms with Gasteiger partial charge < -0.3 is 20.8 Å². The number of carboxylic acids is 1. The van der Waals surface area contributed by atoms with Gasteiger partial charge >= 0.3 is 12.0 Å². The molecule has 0 aliphatic heterocycles. The molecule has 1 fully saturated rings. The molecular formula is C13H24N2O4. The second-order valence-corrected chi connectivity index (χ2v) is 6.41. The zero-order valence-corrected chi connectivity index (χ0v) is 12.2. The molecule has 19 heavy (non-hydrogen) atoms. The smallest absolute Gasteiger partial charge is 0.328 e. The van der Waals surface area contributed by atoms with Gasteiger partial charge in [0.1, 0.15) is 0 Å². The molecule has 1 rings (SSSR count). The SMILES string of the molecule is C[C@@H](O)[C@H](NC(=O)NCC1C(C)(C)C1(C)C)C(=O)O. The molecule has 0 spiro atoms. The van der Waals surface area contributed by atoms with Crippen LogP contribution in [-0.4, -0.2) is 40.9 Å². The number of carbonyl (C=O) groups is 2. The molecule has 110 valence electrons. The van der Waals surface area contributed by atoms with Gasteiger partial charge in [0.25, 0.3) is 0 Å². The summed E-state index contributed by atoms with van der Waals surface area (Å²) < 4.78 is 0. The molecule has 1 aliphatic rings. The summed E-state index contributed by atoms with van der Waals surface area (Å²) in [6.07, 6.45) is -1.14. The van der Waals surface area contributed by atoms with Crippen molar-refractivity contribution in [2.24, 2.45) is 16.7 Å². The number of aliphatic hydroxyl groups excluding tert-OH is 1. The fourth-order valence-electron chi connectivity index (χ4n) is 2.62. The molecule has 6 heteroatoms. The predicted molar refractivity (Wildman–Crippen MR) is 70.7 cm³/mol. The number of urea groups is 1. The summed E-state index contributed by atoms with van der Waals surface area (Å²) in [6.45, 7) is 10.4. The van der Waals surface area contributed by atoms with Crippen LogP contribution in [0.1, 0.15) is 34.6 Å². The third kappa shape index (κ3) is 3.00. The topological polar surface area (TPSA) is 98.7 Å². The molecule has 4 N–H and O–H groups in total. The van der Waals surface area contributed by atoms with Crippen LogP contribution in [-0.2, 0) is 4.79 Å². The van der Waals surface area contributed by atoms with E-state index in [2.05, 4.69) is 38.3 Å². The Morgan fingerprint density at radius 2 is 1.68 bits per heavy atom. The highest BCUT2D eigenvalue weighted by atomic mass is 16.4. The quantitative estimate of drug-likeness (QED) is 0.595. The highest BCUT2D eigenvalue weighted by Crippen LogP contribution is 2.67. The van der Waals surface area contributed by atoms with Crippen molar-refractivity contribution >= 4 is 12.0 Å². The zero-order valence-electron chi connectivity index (χ0n) is 12.2. The number of nitrogens with one attached hydrogen (secondary N) is 2. The Kier molecular flexibility index (Phi) is 4.14.